The van der Waals surface area contributed by atoms with Crippen molar-refractivity contribution in [3.8, 4) is 0 Å². The van der Waals surface area contributed by atoms with E-state index in [9.17, 15) is 22.4 Å². The van der Waals surface area contributed by atoms with E-state index in [1.54, 1.807) is 0 Å². The van der Waals surface area contributed by atoms with E-state index in [0.29, 0.717) is 5.56 Å². The van der Waals surface area contributed by atoms with Gasteiger partial charge in [-0.2, -0.15) is 18.3 Å². The number of alkyl halides is 3. The van der Waals surface area contributed by atoms with Gasteiger partial charge in [0.15, 0.2) is 11.7 Å². The number of nitrogens with zero attached hydrogens (tertiary/aromatic N) is 2. The number of hydrogen-bond acceptors (Lipinski definition) is 4. The molecule has 10 heteroatoms. The minimum Gasteiger partial charge on any atom is -0.363 e. The molecule has 1 aliphatic rings. The fourth-order valence-electron chi connectivity index (χ4n) is 3.27. The summed E-state index contributed by atoms with van der Waals surface area (Å²) in [4.78, 5) is 13.3. The van der Waals surface area contributed by atoms with E-state index in [0.717, 1.165) is 9.56 Å². The number of halogens is 4. The molecule has 0 unspecified atom stereocenters. The van der Waals surface area contributed by atoms with Crippen LogP contribution < -0.4 is 10.6 Å². The number of thiophene rings is 1. The average molecular weight is 424 g/mol. The molecular weight excluding hydrogens is 408 g/mol. The molecule has 2 atom stereocenters. The molecule has 0 saturated carbocycles. The second kappa shape index (κ2) is 7.51. The fraction of sp³-hybridized carbons (Fsp3) is 0.263. The number of carbonyl (C=O) groups is 1. The van der Waals surface area contributed by atoms with Gasteiger partial charge in [-0.1, -0.05) is 18.2 Å². The average Bonchev–Trinajstić information content (AvgIpc) is 3.34. The van der Waals surface area contributed by atoms with Crippen molar-refractivity contribution in [1.29, 1.82) is 0 Å². The minimum atomic E-state index is -4.55. The molecule has 3 heterocycles. The van der Waals surface area contributed by atoms with Crippen molar-refractivity contribution >= 4 is 23.1 Å². The minimum absolute atomic E-state index is 0.0918. The van der Waals surface area contributed by atoms with Crippen molar-refractivity contribution in [3.05, 3.63) is 69.8 Å². The first kappa shape index (κ1) is 19.4. The molecule has 0 spiro atoms. The first-order chi connectivity index (χ1) is 13.8. The van der Waals surface area contributed by atoms with E-state index in [-0.39, 0.29) is 24.5 Å². The van der Waals surface area contributed by atoms with Gasteiger partial charge in [0.2, 0.25) is 0 Å². The molecule has 0 aliphatic carbocycles. The molecule has 0 saturated heterocycles. The standard InChI is InChI=1S/C19H16F4N4OS/c20-12-5-3-11(4-6-12)14-8-16(19(21,22)23)27-17(25-14)9-15(26-27)18(28)24-10-13-2-1-7-29-13/h1-7,9,14,16,25H,8,10H2,(H,24,28)/t14-,16+/m0/s1. The van der Waals surface area contributed by atoms with E-state index in [4.69, 9.17) is 0 Å². The van der Waals surface area contributed by atoms with Gasteiger partial charge in [0.1, 0.15) is 11.6 Å². The summed E-state index contributed by atoms with van der Waals surface area (Å²) in [6.45, 7) is 0.271. The summed E-state index contributed by atoms with van der Waals surface area (Å²) in [5, 5.41) is 11.4. The van der Waals surface area contributed by atoms with Crippen molar-refractivity contribution in [2.75, 3.05) is 5.32 Å². The lowest BCUT2D eigenvalue weighted by atomic mass is 9.97. The van der Waals surface area contributed by atoms with Crippen LogP contribution in [-0.2, 0) is 6.54 Å². The molecule has 2 aromatic heterocycles. The van der Waals surface area contributed by atoms with Gasteiger partial charge in [-0.25, -0.2) is 9.07 Å². The van der Waals surface area contributed by atoms with Crippen LogP contribution in [-0.4, -0.2) is 21.9 Å². The number of benzene rings is 1. The van der Waals surface area contributed by atoms with Crippen LogP contribution in [0.3, 0.4) is 0 Å². The third-order valence-corrected chi connectivity index (χ3v) is 5.57. The number of amides is 1. The third-order valence-electron chi connectivity index (χ3n) is 4.70. The summed E-state index contributed by atoms with van der Waals surface area (Å²) in [6.07, 6.45) is -4.87. The number of aromatic nitrogens is 2. The van der Waals surface area contributed by atoms with Crippen LogP contribution in [0, 0.1) is 5.82 Å². The number of nitrogens with one attached hydrogen (secondary N) is 2. The Hall–Kier alpha value is -2.88. The maximum atomic E-state index is 13.7. The Balaban J connectivity index is 1.59. The highest BCUT2D eigenvalue weighted by atomic mass is 32.1. The molecule has 152 valence electrons. The molecule has 29 heavy (non-hydrogen) atoms. The molecule has 1 aliphatic heterocycles. The summed E-state index contributed by atoms with van der Waals surface area (Å²) < 4.78 is 55.0. The van der Waals surface area contributed by atoms with E-state index in [1.165, 1.54) is 41.7 Å². The quantitative estimate of drug-likeness (QED) is 0.599. The highest BCUT2D eigenvalue weighted by molar-refractivity contribution is 7.09. The van der Waals surface area contributed by atoms with Crippen LogP contribution in [0.1, 0.15) is 39.4 Å². The van der Waals surface area contributed by atoms with E-state index in [2.05, 4.69) is 15.7 Å². The number of hydrogen-bond donors (Lipinski definition) is 2. The molecule has 4 rings (SSSR count). The van der Waals surface area contributed by atoms with Crippen LogP contribution in [0.2, 0.25) is 0 Å². The zero-order valence-corrected chi connectivity index (χ0v) is 15.7. The van der Waals surface area contributed by atoms with Crippen molar-refractivity contribution < 1.29 is 22.4 Å². The maximum absolute atomic E-state index is 13.7. The van der Waals surface area contributed by atoms with Crippen molar-refractivity contribution in [2.45, 2.75) is 31.2 Å². The highest BCUT2D eigenvalue weighted by Gasteiger charge is 2.46. The summed E-state index contributed by atoms with van der Waals surface area (Å²) >= 11 is 1.46. The third kappa shape index (κ3) is 4.12. The molecule has 1 aromatic carbocycles. The fourth-order valence-corrected chi connectivity index (χ4v) is 3.91. The van der Waals surface area contributed by atoms with Crippen LogP contribution in [0.4, 0.5) is 23.4 Å². The SMILES string of the molecule is O=C(NCc1cccs1)c1cc2n(n1)[C@@H](C(F)(F)F)C[C@@H](c1ccc(F)cc1)N2. The Kier molecular flexibility index (Phi) is 5.03. The van der Waals surface area contributed by atoms with Gasteiger partial charge in [0.25, 0.3) is 5.91 Å². The predicted octanol–water partition coefficient (Wildman–Crippen LogP) is 4.67. The lowest BCUT2D eigenvalue weighted by Crippen LogP contribution is -2.35. The lowest BCUT2D eigenvalue weighted by molar-refractivity contribution is -0.173. The Morgan fingerprint density at radius 2 is 2.03 bits per heavy atom. The largest absolute Gasteiger partial charge is 0.410 e. The number of fused-ring (bicyclic) bond motifs is 1. The van der Waals surface area contributed by atoms with Gasteiger partial charge in [-0.05, 0) is 29.1 Å². The van der Waals surface area contributed by atoms with Crippen LogP contribution in [0.15, 0.2) is 47.8 Å². The van der Waals surface area contributed by atoms with Gasteiger partial charge >= 0.3 is 6.18 Å². The van der Waals surface area contributed by atoms with Gasteiger partial charge in [0.05, 0.1) is 12.6 Å². The first-order valence-corrected chi connectivity index (χ1v) is 9.68. The highest BCUT2D eigenvalue weighted by Crippen LogP contribution is 2.43. The zero-order chi connectivity index (χ0) is 20.6. The molecular formula is C19H16F4N4OS. The number of carbonyl (C=O) groups excluding carboxylic acids is 1. The second-order valence-electron chi connectivity index (χ2n) is 6.66. The van der Waals surface area contributed by atoms with E-state index >= 15 is 0 Å². The zero-order valence-electron chi connectivity index (χ0n) is 14.9. The molecule has 0 radical (unpaired) electrons. The smallest absolute Gasteiger partial charge is 0.363 e. The summed E-state index contributed by atoms with van der Waals surface area (Å²) in [7, 11) is 0. The van der Waals surface area contributed by atoms with Crippen molar-refractivity contribution in [2.24, 2.45) is 0 Å². The van der Waals surface area contributed by atoms with Crippen LogP contribution in [0.5, 0.6) is 0 Å². The molecule has 5 nitrogen and oxygen atoms in total. The lowest BCUT2D eigenvalue weighted by Gasteiger charge is -2.33. The Morgan fingerprint density at radius 1 is 1.28 bits per heavy atom. The predicted molar refractivity (Wildman–Crippen MR) is 100 cm³/mol. The van der Waals surface area contributed by atoms with E-state index < -0.39 is 30.0 Å². The van der Waals surface area contributed by atoms with Crippen molar-refractivity contribution in [3.63, 3.8) is 0 Å². The van der Waals surface area contributed by atoms with Gasteiger partial charge < -0.3 is 10.6 Å². The molecule has 3 aromatic rings. The summed E-state index contributed by atoms with van der Waals surface area (Å²) in [6, 6.07) is 7.71. The van der Waals surface area contributed by atoms with E-state index in [1.807, 2.05) is 17.5 Å². The Morgan fingerprint density at radius 3 is 2.69 bits per heavy atom. The normalized spacial score (nSPS) is 18.8. The number of anilines is 1. The van der Waals surface area contributed by atoms with Crippen LogP contribution in [0.25, 0.3) is 0 Å². The molecule has 2 N–H and O–H groups in total. The monoisotopic (exact) mass is 424 g/mol. The maximum Gasteiger partial charge on any atom is 0.410 e. The topological polar surface area (TPSA) is 59.0 Å². The van der Waals surface area contributed by atoms with Crippen molar-refractivity contribution in [1.82, 2.24) is 15.1 Å². The van der Waals surface area contributed by atoms with Gasteiger partial charge in [0, 0.05) is 17.4 Å². The molecule has 0 fully saturated rings. The van der Waals surface area contributed by atoms with Gasteiger partial charge in [-0.15, -0.1) is 11.3 Å². The Bertz CT molecular complexity index is 998. The summed E-state index contributed by atoms with van der Waals surface area (Å²) in [5.41, 5.74) is 0.426. The number of rotatable bonds is 4. The molecule has 0 bridgehead atoms. The van der Waals surface area contributed by atoms with Gasteiger partial charge in [-0.3, -0.25) is 4.79 Å². The second-order valence-corrected chi connectivity index (χ2v) is 7.70. The Labute approximate surface area is 167 Å². The summed E-state index contributed by atoms with van der Waals surface area (Å²) in [5.74, 6) is -0.929. The van der Waals surface area contributed by atoms with Crippen LogP contribution >= 0.6 is 11.3 Å². The first-order valence-electron chi connectivity index (χ1n) is 8.80. The molecule has 1 amide bonds.